The lowest BCUT2D eigenvalue weighted by Crippen LogP contribution is -2.36. The summed E-state index contributed by atoms with van der Waals surface area (Å²) in [5, 5.41) is 2.19. The van der Waals surface area contributed by atoms with E-state index in [-0.39, 0.29) is 5.54 Å². The quantitative estimate of drug-likeness (QED) is 0.723. The molecule has 0 aromatic carbocycles. The van der Waals surface area contributed by atoms with Gasteiger partial charge in [0.2, 0.25) is 0 Å². The zero-order valence-corrected chi connectivity index (χ0v) is 13.1. The van der Waals surface area contributed by atoms with E-state index in [1.165, 1.54) is 29.7 Å². The molecule has 1 fully saturated rings. The Labute approximate surface area is 116 Å². The summed E-state index contributed by atoms with van der Waals surface area (Å²) in [4.78, 5) is 1.43. The molecule has 18 heavy (non-hydrogen) atoms. The Morgan fingerprint density at radius 1 is 1.28 bits per heavy atom. The molecule has 0 saturated heterocycles. The molecule has 102 valence electrons. The minimum Gasteiger partial charge on any atom is -0.321 e. The predicted molar refractivity (Wildman–Crippen MR) is 81.0 cm³/mol. The standard InChI is InChI=1S/C16H27NS/c1-12-8-11-18-14(12)16(17)9-5-6-13(7-10-16)15(2,3)4/h8,11,13H,5-7,9-10,17H2,1-4H3. The Balaban J connectivity index is 2.16. The van der Waals surface area contributed by atoms with Crippen LogP contribution in [0.2, 0.25) is 0 Å². The molecule has 2 rings (SSSR count). The molecule has 1 aromatic heterocycles. The maximum Gasteiger partial charge on any atom is 0.0506 e. The summed E-state index contributed by atoms with van der Waals surface area (Å²) in [6.07, 6.45) is 6.19. The Morgan fingerprint density at radius 2 is 2.00 bits per heavy atom. The monoisotopic (exact) mass is 265 g/mol. The van der Waals surface area contributed by atoms with Crippen LogP contribution >= 0.6 is 11.3 Å². The summed E-state index contributed by atoms with van der Waals surface area (Å²) in [6.45, 7) is 9.32. The van der Waals surface area contributed by atoms with Crippen LogP contribution in [0.1, 0.15) is 63.3 Å². The van der Waals surface area contributed by atoms with Gasteiger partial charge in [-0.05, 0) is 60.9 Å². The van der Waals surface area contributed by atoms with Gasteiger partial charge in [0.25, 0.3) is 0 Å². The minimum absolute atomic E-state index is 0.0573. The van der Waals surface area contributed by atoms with E-state index >= 15 is 0 Å². The summed E-state index contributed by atoms with van der Waals surface area (Å²) < 4.78 is 0. The van der Waals surface area contributed by atoms with E-state index in [4.69, 9.17) is 5.73 Å². The molecule has 1 saturated carbocycles. The van der Waals surface area contributed by atoms with E-state index in [1.54, 1.807) is 0 Å². The van der Waals surface area contributed by atoms with Crippen LogP contribution in [0.15, 0.2) is 11.4 Å². The highest BCUT2D eigenvalue weighted by molar-refractivity contribution is 7.10. The molecule has 1 nitrogen and oxygen atoms in total. The van der Waals surface area contributed by atoms with Gasteiger partial charge < -0.3 is 5.73 Å². The number of aryl methyl sites for hydroxylation is 1. The van der Waals surface area contributed by atoms with E-state index in [1.807, 2.05) is 11.3 Å². The van der Waals surface area contributed by atoms with Crippen LogP contribution in [0.25, 0.3) is 0 Å². The fourth-order valence-electron chi connectivity index (χ4n) is 3.34. The molecule has 0 spiro atoms. The van der Waals surface area contributed by atoms with Crippen molar-refractivity contribution in [1.29, 1.82) is 0 Å². The zero-order valence-electron chi connectivity index (χ0n) is 12.3. The van der Waals surface area contributed by atoms with E-state index in [2.05, 4.69) is 39.1 Å². The van der Waals surface area contributed by atoms with E-state index in [0.717, 1.165) is 18.8 Å². The first-order valence-electron chi connectivity index (χ1n) is 7.16. The molecule has 0 bridgehead atoms. The summed E-state index contributed by atoms with van der Waals surface area (Å²) in [5.74, 6) is 0.822. The van der Waals surface area contributed by atoms with Gasteiger partial charge in [-0.15, -0.1) is 11.3 Å². The van der Waals surface area contributed by atoms with E-state index < -0.39 is 0 Å². The third-order valence-electron chi connectivity index (χ3n) is 4.65. The molecule has 1 heterocycles. The van der Waals surface area contributed by atoms with Gasteiger partial charge in [-0.2, -0.15) is 0 Å². The number of hydrogen-bond acceptors (Lipinski definition) is 2. The number of thiophene rings is 1. The van der Waals surface area contributed by atoms with E-state index in [9.17, 15) is 0 Å². The second-order valence-corrected chi connectivity index (χ2v) is 8.00. The maximum absolute atomic E-state index is 6.74. The first kappa shape index (κ1) is 14.1. The number of nitrogens with two attached hydrogens (primary N) is 1. The van der Waals surface area contributed by atoms with E-state index in [0.29, 0.717) is 5.41 Å². The minimum atomic E-state index is -0.0573. The summed E-state index contributed by atoms with van der Waals surface area (Å²) in [5.41, 5.74) is 8.50. The first-order valence-corrected chi connectivity index (χ1v) is 8.04. The Kier molecular flexibility index (Phi) is 3.89. The SMILES string of the molecule is Cc1ccsc1C1(N)CCCC(C(C)(C)C)CC1. The summed E-state index contributed by atoms with van der Waals surface area (Å²) in [7, 11) is 0. The van der Waals surface area contributed by atoms with Gasteiger partial charge in [0.15, 0.2) is 0 Å². The molecular weight excluding hydrogens is 238 g/mol. The lowest BCUT2D eigenvalue weighted by molar-refractivity contribution is 0.211. The third-order valence-corrected chi connectivity index (χ3v) is 5.89. The average molecular weight is 265 g/mol. The normalized spacial score (nSPS) is 30.2. The van der Waals surface area contributed by atoms with Crippen molar-refractivity contribution in [1.82, 2.24) is 0 Å². The maximum atomic E-state index is 6.74. The van der Waals surface area contributed by atoms with Gasteiger partial charge in [0, 0.05) is 4.88 Å². The number of rotatable bonds is 1. The van der Waals surface area contributed by atoms with Crippen molar-refractivity contribution in [2.45, 2.75) is 65.3 Å². The highest BCUT2D eigenvalue weighted by Gasteiger charge is 2.36. The molecule has 2 heteroatoms. The van der Waals surface area contributed by atoms with Crippen molar-refractivity contribution in [3.63, 3.8) is 0 Å². The molecule has 2 unspecified atom stereocenters. The van der Waals surface area contributed by atoms with Gasteiger partial charge in [-0.25, -0.2) is 0 Å². The predicted octanol–water partition coefficient (Wildman–Crippen LogP) is 4.84. The Morgan fingerprint density at radius 3 is 2.56 bits per heavy atom. The smallest absolute Gasteiger partial charge is 0.0506 e. The molecule has 0 radical (unpaired) electrons. The van der Waals surface area contributed by atoms with Crippen molar-refractivity contribution in [3.8, 4) is 0 Å². The van der Waals surface area contributed by atoms with Crippen molar-refractivity contribution in [2.75, 3.05) is 0 Å². The summed E-state index contributed by atoms with van der Waals surface area (Å²) in [6, 6.07) is 2.21. The highest BCUT2D eigenvalue weighted by atomic mass is 32.1. The van der Waals surface area contributed by atoms with Crippen LogP contribution in [0.4, 0.5) is 0 Å². The zero-order chi connectivity index (χ0) is 13.4. The fraction of sp³-hybridized carbons (Fsp3) is 0.750. The Bertz CT molecular complexity index is 401. The van der Waals surface area contributed by atoms with Gasteiger partial charge in [0.1, 0.15) is 0 Å². The second-order valence-electron chi connectivity index (χ2n) is 7.08. The van der Waals surface area contributed by atoms with Gasteiger partial charge >= 0.3 is 0 Å². The summed E-state index contributed by atoms with van der Waals surface area (Å²) >= 11 is 1.85. The Hall–Kier alpha value is -0.340. The molecule has 0 aliphatic heterocycles. The first-order chi connectivity index (χ1) is 8.33. The topological polar surface area (TPSA) is 26.0 Å². The molecule has 1 aromatic rings. The fourth-order valence-corrected chi connectivity index (χ4v) is 4.44. The van der Waals surface area contributed by atoms with Crippen LogP contribution in [-0.4, -0.2) is 0 Å². The lowest BCUT2D eigenvalue weighted by Gasteiger charge is -2.31. The van der Waals surface area contributed by atoms with Crippen LogP contribution < -0.4 is 5.73 Å². The van der Waals surface area contributed by atoms with Crippen LogP contribution in [0, 0.1) is 18.3 Å². The van der Waals surface area contributed by atoms with Crippen LogP contribution in [-0.2, 0) is 5.54 Å². The largest absolute Gasteiger partial charge is 0.321 e. The van der Waals surface area contributed by atoms with Gasteiger partial charge in [-0.3, -0.25) is 0 Å². The molecule has 2 N–H and O–H groups in total. The van der Waals surface area contributed by atoms with Crippen molar-refractivity contribution >= 4 is 11.3 Å². The molecule has 0 amide bonds. The molecule has 2 atom stereocenters. The van der Waals surface area contributed by atoms with Crippen LogP contribution in [0.3, 0.4) is 0 Å². The number of hydrogen-bond donors (Lipinski definition) is 1. The molecule has 1 aliphatic carbocycles. The highest BCUT2D eigenvalue weighted by Crippen LogP contribution is 2.44. The van der Waals surface area contributed by atoms with Crippen molar-refractivity contribution < 1.29 is 0 Å². The van der Waals surface area contributed by atoms with Gasteiger partial charge in [0.05, 0.1) is 5.54 Å². The third kappa shape index (κ3) is 2.80. The average Bonchev–Trinajstić information content (AvgIpc) is 2.57. The van der Waals surface area contributed by atoms with Crippen molar-refractivity contribution in [2.24, 2.45) is 17.1 Å². The lowest BCUT2D eigenvalue weighted by atomic mass is 9.76. The van der Waals surface area contributed by atoms with Crippen LogP contribution in [0.5, 0.6) is 0 Å². The van der Waals surface area contributed by atoms with Crippen molar-refractivity contribution in [3.05, 3.63) is 21.9 Å². The van der Waals surface area contributed by atoms with Gasteiger partial charge in [-0.1, -0.05) is 27.2 Å². The molecule has 1 aliphatic rings. The molecular formula is C16H27NS. The second kappa shape index (κ2) is 4.97.